The summed E-state index contributed by atoms with van der Waals surface area (Å²) in [7, 11) is 3.58. The van der Waals surface area contributed by atoms with Gasteiger partial charge < -0.3 is 15.4 Å². The van der Waals surface area contributed by atoms with Gasteiger partial charge in [-0.2, -0.15) is 5.10 Å². The van der Waals surface area contributed by atoms with Crippen molar-refractivity contribution in [3.63, 3.8) is 0 Å². The first kappa shape index (κ1) is 28.8. The fraction of sp³-hybridized carbons (Fsp3) is 0.375. The third-order valence-electron chi connectivity index (χ3n) is 6.70. The molecule has 0 saturated carbocycles. The number of methoxy groups -OCH3 is 1. The summed E-state index contributed by atoms with van der Waals surface area (Å²) >= 11 is 0. The monoisotopic (exact) mass is 514 g/mol. The Bertz CT molecular complexity index is 1210. The van der Waals surface area contributed by atoms with Gasteiger partial charge in [0.1, 0.15) is 11.6 Å². The van der Waals surface area contributed by atoms with E-state index >= 15 is 0 Å². The summed E-state index contributed by atoms with van der Waals surface area (Å²) in [4.78, 5) is 13.4. The number of carbonyl (C=O) groups excluding carboxylic acids is 1. The molecule has 0 radical (unpaired) electrons. The molecule has 0 bridgehead atoms. The minimum atomic E-state index is 0.130. The van der Waals surface area contributed by atoms with Crippen LogP contribution in [0.15, 0.2) is 71.8 Å². The molecule has 3 aromatic rings. The Kier molecular flexibility index (Phi) is 9.94. The molecule has 0 spiro atoms. The molecule has 2 N–H and O–H groups in total. The second kappa shape index (κ2) is 13.1. The lowest BCUT2D eigenvalue weighted by molar-refractivity contribution is -0.114. The van der Waals surface area contributed by atoms with Crippen LogP contribution in [0.1, 0.15) is 57.2 Å². The summed E-state index contributed by atoms with van der Waals surface area (Å²) in [6.07, 6.45) is 3.39. The van der Waals surface area contributed by atoms with Crippen LogP contribution in [0.5, 0.6) is 5.75 Å². The lowest BCUT2D eigenvalue weighted by Gasteiger charge is -2.22. The van der Waals surface area contributed by atoms with E-state index in [1.165, 1.54) is 16.7 Å². The number of ether oxygens (including phenoxy) is 1. The number of carbonyl (C=O) groups is 1. The molecule has 0 aromatic heterocycles. The number of hydrogen-bond donors (Lipinski definition) is 1. The number of nitrogen functional groups attached to an aromatic ring is 1. The quantitative estimate of drug-likeness (QED) is 0.104. The van der Waals surface area contributed by atoms with Crippen molar-refractivity contribution in [2.75, 3.05) is 26.4 Å². The Morgan fingerprint density at radius 3 is 2.16 bits per heavy atom. The van der Waals surface area contributed by atoms with Crippen molar-refractivity contribution in [2.24, 2.45) is 5.10 Å². The van der Waals surface area contributed by atoms with Crippen molar-refractivity contribution in [1.82, 2.24) is 9.91 Å². The molecular weight excluding hydrogens is 472 g/mol. The van der Waals surface area contributed by atoms with Crippen molar-refractivity contribution in [2.45, 2.75) is 58.9 Å². The van der Waals surface area contributed by atoms with Gasteiger partial charge in [0, 0.05) is 20.0 Å². The fourth-order valence-corrected chi connectivity index (χ4v) is 4.40. The number of amides is 1. The predicted octanol–water partition coefficient (Wildman–Crippen LogP) is 6.49. The number of amidine groups is 1. The van der Waals surface area contributed by atoms with Crippen molar-refractivity contribution in [3.05, 3.63) is 83.4 Å². The first-order valence-corrected chi connectivity index (χ1v) is 13.3. The van der Waals surface area contributed by atoms with Crippen LogP contribution >= 0.6 is 0 Å². The number of anilines is 1. The van der Waals surface area contributed by atoms with Gasteiger partial charge in [0.15, 0.2) is 0 Å². The zero-order valence-electron chi connectivity index (χ0n) is 23.7. The van der Waals surface area contributed by atoms with Crippen LogP contribution < -0.4 is 10.5 Å². The number of hydrazone groups is 1. The second-order valence-corrected chi connectivity index (χ2v) is 10.7. The first-order chi connectivity index (χ1) is 18.1. The molecule has 0 heterocycles. The van der Waals surface area contributed by atoms with E-state index < -0.39 is 0 Å². The maximum Gasteiger partial charge on any atom is 0.215 e. The Hall–Kier alpha value is -3.80. The molecule has 1 amide bonds. The van der Waals surface area contributed by atoms with Crippen molar-refractivity contribution >= 4 is 17.9 Å². The minimum Gasteiger partial charge on any atom is -0.495 e. The largest absolute Gasteiger partial charge is 0.495 e. The maximum absolute atomic E-state index is 11.7. The Labute approximate surface area is 228 Å². The minimum absolute atomic E-state index is 0.130. The highest BCUT2D eigenvalue weighted by atomic mass is 16.5. The molecule has 0 unspecified atom stereocenters. The smallest absolute Gasteiger partial charge is 0.215 e. The van der Waals surface area contributed by atoms with E-state index in [2.05, 4.69) is 69.3 Å². The van der Waals surface area contributed by atoms with E-state index in [4.69, 9.17) is 15.6 Å². The number of benzene rings is 3. The highest BCUT2D eigenvalue weighted by Gasteiger charge is 2.14. The molecular formula is C32H42N4O2. The van der Waals surface area contributed by atoms with Crippen LogP contribution in [0, 0.1) is 0 Å². The molecule has 3 rings (SSSR count). The molecule has 0 atom stereocenters. The van der Waals surface area contributed by atoms with Gasteiger partial charge in [0.05, 0.1) is 19.3 Å². The van der Waals surface area contributed by atoms with Gasteiger partial charge in [0.25, 0.3) is 0 Å². The van der Waals surface area contributed by atoms with Crippen LogP contribution in [-0.2, 0) is 23.2 Å². The van der Waals surface area contributed by atoms with E-state index in [9.17, 15) is 4.79 Å². The van der Waals surface area contributed by atoms with Gasteiger partial charge in [-0.15, -0.1) is 0 Å². The van der Waals surface area contributed by atoms with E-state index in [0.717, 1.165) is 42.6 Å². The summed E-state index contributed by atoms with van der Waals surface area (Å²) in [6.45, 7) is 9.90. The number of rotatable bonds is 11. The average molecular weight is 515 g/mol. The molecule has 38 heavy (non-hydrogen) atoms. The van der Waals surface area contributed by atoms with Gasteiger partial charge in [-0.25, -0.2) is 0 Å². The average Bonchev–Trinajstić information content (AvgIpc) is 2.89. The standard InChI is InChI=1S/C32H42N4O2/c1-7-36(23-37)31(34-35(5)22-25-13-18-28(19-14-25)32(2,3)4)10-8-9-24-11-15-26(16-12-24)27-17-20-30(38-6)29(33)21-27/h11-21,23H,7-10,22,33H2,1-6H3/b34-31-. The van der Waals surface area contributed by atoms with Crippen molar-refractivity contribution < 1.29 is 9.53 Å². The molecule has 0 aliphatic carbocycles. The van der Waals surface area contributed by atoms with Crippen LogP contribution in [-0.4, -0.2) is 42.9 Å². The summed E-state index contributed by atoms with van der Waals surface area (Å²) < 4.78 is 5.26. The molecule has 0 aliphatic heterocycles. The molecule has 0 saturated heterocycles. The lowest BCUT2D eigenvalue weighted by Crippen LogP contribution is -2.31. The van der Waals surface area contributed by atoms with Gasteiger partial charge in [-0.1, -0.05) is 75.4 Å². The number of hydrogen-bond acceptors (Lipinski definition) is 5. The number of nitrogens with two attached hydrogens (primary N) is 1. The normalized spacial score (nSPS) is 11.8. The number of aryl methyl sites for hydroxylation is 1. The van der Waals surface area contributed by atoms with Crippen molar-refractivity contribution in [1.29, 1.82) is 0 Å². The van der Waals surface area contributed by atoms with Gasteiger partial charge in [0.2, 0.25) is 6.41 Å². The van der Waals surface area contributed by atoms with Gasteiger partial charge in [-0.3, -0.25) is 9.80 Å². The van der Waals surface area contributed by atoms with Crippen LogP contribution in [0.3, 0.4) is 0 Å². The van der Waals surface area contributed by atoms with Crippen LogP contribution in [0.4, 0.5) is 5.69 Å². The van der Waals surface area contributed by atoms with Crippen molar-refractivity contribution in [3.8, 4) is 16.9 Å². The molecule has 3 aromatic carbocycles. The molecule has 0 aliphatic rings. The zero-order valence-corrected chi connectivity index (χ0v) is 23.7. The fourth-order valence-electron chi connectivity index (χ4n) is 4.40. The second-order valence-electron chi connectivity index (χ2n) is 10.7. The highest BCUT2D eigenvalue weighted by Crippen LogP contribution is 2.28. The SMILES string of the molecule is CCN(C=O)/C(CCCc1ccc(-c2ccc(OC)c(N)c2)cc1)=N\N(C)Cc1ccc(C(C)(C)C)cc1. The van der Waals surface area contributed by atoms with Crippen LogP contribution in [0.2, 0.25) is 0 Å². The first-order valence-electron chi connectivity index (χ1n) is 13.3. The summed E-state index contributed by atoms with van der Waals surface area (Å²) in [6, 6.07) is 23.1. The van der Waals surface area contributed by atoms with E-state index in [1.807, 2.05) is 37.2 Å². The molecule has 6 heteroatoms. The van der Waals surface area contributed by atoms with E-state index in [-0.39, 0.29) is 5.41 Å². The Morgan fingerprint density at radius 1 is 0.974 bits per heavy atom. The summed E-state index contributed by atoms with van der Waals surface area (Å²) in [5, 5.41) is 6.73. The third kappa shape index (κ3) is 7.85. The molecule has 6 nitrogen and oxygen atoms in total. The van der Waals surface area contributed by atoms with E-state index in [0.29, 0.717) is 24.5 Å². The van der Waals surface area contributed by atoms with Crippen LogP contribution in [0.25, 0.3) is 11.1 Å². The predicted molar refractivity (Wildman–Crippen MR) is 158 cm³/mol. The number of nitrogens with zero attached hydrogens (tertiary/aromatic N) is 3. The van der Waals surface area contributed by atoms with E-state index in [1.54, 1.807) is 12.0 Å². The molecule has 202 valence electrons. The Balaban J connectivity index is 1.62. The Morgan fingerprint density at radius 2 is 1.61 bits per heavy atom. The lowest BCUT2D eigenvalue weighted by atomic mass is 9.87. The highest BCUT2D eigenvalue weighted by molar-refractivity contribution is 5.90. The summed E-state index contributed by atoms with van der Waals surface area (Å²) in [5.41, 5.74) is 12.8. The maximum atomic E-state index is 11.7. The van der Waals surface area contributed by atoms with Gasteiger partial charge in [-0.05, 0) is 65.1 Å². The third-order valence-corrected chi connectivity index (χ3v) is 6.70. The molecule has 0 fully saturated rings. The van der Waals surface area contributed by atoms with Gasteiger partial charge >= 0.3 is 0 Å². The zero-order chi connectivity index (χ0) is 27.7. The topological polar surface area (TPSA) is 71.2 Å². The summed E-state index contributed by atoms with van der Waals surface area (Å²) in [5.74, 6) is 1.48.